The standard InChI is InChI=1S/C13H19FN4OS/c1-9(19)15-8-13(14)4-6-18(7-5-13)12-16-11(17-20-12)10-2-3-10/h10H,2-8H2,1H3,(H,15,19). The molecule has 20 heavy (non-hydrogen) atoms. The van der Waals surface area contributed by atoms with Crippen LogP contribution in [-0.4, -0.2) is 40.6 Å². The van der Waals surface area contributed by atoms with Crippen molar-refractivity contribution in [3.63, 3.8) is 0 Å². The van der Waals surface area contributed by atoms with E-state index in [-0.39, 0.29) is 12.5 Å². The SMILES string of the molecule is CC(=O)NCC1(F)CCN(c2nc(C3CC3)ns2)CC1. The number of hydrogen-bond acceptors (Lipinski definition) is 5. The molecule has 1 N–H and O–H groups in total. The molecule has 7 heteroatoms. The van der Waals surface area contributed by atoms with Crippen LogP contribution in [0.1, 0.15) is 44.3 Å². The van der Waals surface area contributed by atoms with Gasteiger partial charge in [-0.05, 0) is 12.8 Å². The summed E-state index contributed by atoms with van der Waals surface area (Å²) >= 11 is 1.42. The summed E-state index contributed by atoms with van der Waals surface area (Å²) in [5.41, 5.74) is -1.29. The summed E-state index contributed by atoms with van der Waals surface area (Å²) in [4.78, 5) is 17.5. The Kier molecular flexibility index (Phi) is 3.62. The summed E-state index contributed by atoms with van der Waals surface area (Å²) in [7, 11) is 0. The van der Waals surface area contributed by atoms with Crippen LogP contribution in [0.3, 0.4) is 0 Å². The van der Waals surface area contributed by atoms with E-state index in [0.29, 0.717) is 31.8 Å². The minimum Gasteiger partial charge on any atom is -0.353 e. The molecule has 0 unspecified atom stereocenters. The fraction of sp³-hybridized carbons (Fsp3) is 0.769. The number of nitrogens with zero attached hydrogens (tertiary/aromatic N) is 3. The van der Waals surface area contributed by atoms with E-state index in [1.165, 1.54) is 31.3 Å². The number of carbonyl (C=O) groups excluding carboxylic acids is 1. The number of halogens is 1. The zero-order chi connectivity index (χ0) is 14.2. The highest BCUT2D eigenvalue weighted by atomic mass is 32.1. The number of anilines is 1. The van der Waals surface area contributed by atoms with Gasteiger partial charge in [0.2, 0.25) is 11.0 Å². The molecule has 0 atom stereocenters. The monoisotopic (exact) mass is 298 g/mol. The summed E-state index contributed by atoms with van der Waals surface area (Å²) in [6.45, 7) is 2.80. The number of alkyl halides is 1. The Labute approximate surface area is 121 Å². The molecule has 3 rings (SSSR count). The average Bonchev–Trinajstić information content (AvgIpc) is 3.16. The molecule has 1 amide bonds. The smallest absolute Gasteiger partial charge is 0.216 e. The van der Waals surface area contributed by atoms with Gasteiger partial charge in [0, 0.05) is 50.3 Å². The van der Waals surface area contributed by atoms with Gasteiger partial charge in [-0.2, -0.15) is 4.37 Å². The molecule has 110 valence electrons. The third kappa shape index (κ3) is 3.08. The van der Waals surface area contributed by atoms with Crippen LogP contribution in [0.5, 0.6) is 0 Å². The van der Waals surface area contributed by atoms with E-state index in [2.05, 4.69) is 19.6 Å². The van der Waals surface area contributed by atoms with Gasteiger partial charge in [-0.25, -0.2) is 9.37 Å². The molecule has 0 spiro atoms. The lowest BCUT2D eigenvalue weighted by molar-refractivity contribution is -0.119. The van der Waals surface area contributed by atoms with Gasteiger partial charge in [-0.15, -0.1) is 0 Å². The number of hydrogen-bond donors (Lipinski definition) is 1. The van der Waals surface area contributed by atoms with Crippen LogP contribution in [0.25, 0.3) is 0 Å². The first-order chi connectivity index (χ1) is 9.56. The van der Waals surface area contributed by atoms with Crippen molar-refractivity contribution in [3.05, 3.63) is 5.82 Å². The summed E-state index contributed by atoms with van der Waals surface area (Å²) in [5, 5.41) is 3.49. The van der Waals surface area contributed by atoms with Crippen LogP contribution < -0.4 is 10.2 Å². The molecule has 2 fully saturated rings. The lowest BCUT2D eigenvalue weighted by atomic mass is 9.93. The Hall–Kier alpha value is -1.24. The number of piperidine rings is 1. The van der Waals surface area contributed by atoms with E-state index in [1.807, 2.05) is 0 Å². The fourth-order valence-electron chi connectivity index (χ4n) is 2.42. The molecule has 0 bridgehead atoms. The highest BCUT2D eigenvalue weighted by Crippen LogP contribution is 2.40. The second-order valence-electron chi connectivity index (χ2n) is 5.76. The molecule has 1 aliphatic carbocycles. The Balaban J connectivity index is 1.55. The van der Waals surface area contributed by atoms with Gasteiger partial charge < -0.3 is 10.2 Å². The van der Waals surface area contributed by atoms with Crippen molar-refractivity contribution in [2.75, 3.05) is 24.5 Å². The number of aromatic nitrogens is 2. The molecule has 1 saturated heterocycles. The first-order valence-electron chi connectivity index (χ1n) is 7.08. The van der Waals surface area contributed by atoms with E-state index in [1.54, 1.807) is 0 Å². The number of rotatable bonds is 4. The predicted octanol–water partition coefficient (Wildman–Crippen LogP) is 1.86. The Bertz CT molecular complexity index is 494. The van der Waals surface area contributed by atoms with Crippen molar-refractivity contribution in [1.82, 2.24) is 14.7 Å². The lowest BCUT2D eigenvalue weighted by Crippen LogP contribution is -2.48. The highest BCUT2D eigenvalue weighted by Gasteiger charge is 2.36. The molecule has 1 aliphatic heterocycles. The van der Waals surface area contributed by atoms with Crippen LogP contribution in [0.15, 0.2) is 0 Å². The maximum absolute atomic E-state index is 14.5. The maximum atomic E-state index is 14.5. The van der Waals surface area contributed by atoms with Gasteiger partial charge in [-0.3, -0.25) is 4.79 Å². The fourth-order valence-corrected chi connectivity index (χ4v) is 3.22. The van der Waals surface area contributed by atoms with Crippen molar-refractivity contribution >= 4 is 22.6 Å². The third-order valence-electron chi connectivity index (χ3n) is 3.96. The van der Waals surface area contributed by atoms with Gasteiger partial charge in [-0.1, -0.05) is 0 Å². The van der Waals surface area contributed by atoms with E-state index in [0.717, 1.165) is 11.0 Å². The quantitative estimate of drug-likeness (QED) is 0.922. The molecule has 5 nitrogen and oxygen atoms in total. The Morgan fingerprint density at radius 2 is 2.20 bits per heavy atom. The Morgan fingerprint density at radius 3 is 2.80 bits per heavy atom. The number of nitrogens with one attached hydrogen (secondary N) is 1. The molecule has 1 aromatic rings. The van der Waals surface area contributed by atoms with Gasteiger partial charge in [0.1, 0.15) is 11.5 Å². The lowest BCUT2D eigenvalue weighted by Gasteiger charge is -2.36. The van der Waals surface area contributed by atoms with Crippen LogP contribution in [0, 0.1) is 0 Å². The van der Waals surface area contributed by atoms with E-state index in [4.69, 9.17) is 0 Å². The molecule has 0 radical (unpaired) electrons. The molecular weight excluding hydrogens is 279 g/mol. The van der Waals surface area contributed by atoms with E-state index >= 15 is 0 Å². The van der Waals surface area contributed by atoms with Crippen LogP contribution in [0.2, 0.25) is 0 Å². The summed E-state index contributed by atoms with van der Waals surface area (Å²) in [6.07, 6.45) is 3.23. The van der Waals surface area contributed by atoms with Gasteiger partial charge >= 0.3 is 0 Å². The molecule has 1 saturated carbocycles. The molecule has 2 aliphatic rings. The summed E-state index contributed by atoms with van der Waals surface area (Å²) < 4.78 is 18.9. The third-order valence-corrected chi connectivity index (χ3v) is 4.75. The van der Waals surface area contributed by atoms with Crippen LogP contribution >= 0.6 is 11.5 Å². The minimum atomic E-state index is -1.29. The highest BCUT2D eigenvalue weighted by molar-refractivity contribution is 7.09. The molecular formula is C13H19FN4OS. The van der Waals surface area contributed by atoms with Crippen molar-refractivity contribution in [2.45, 2.75) is 44.2 Å². The number of amides is 1. The van der Waals surface area contributed by atoms with Crippen LogP contribution in [-0.2, 0) is 4.79 Å². The van der Waals surface area contributed by atoms with Gasteiger partial charge in [0.15, 0.2) is 0 Å². The Morgan fingerprint density at radius 1 is 1.50 bits per heavy atom. The summed E-state index contributed by atoms with van der Waals surface area (Å²) in [6, 6.07) is 0. The van der Waals surface area contributed by atoms with Crippen molar-refractivity contribution in [2.24, 2.45) is 0 Å². The second-order valence-corrected chi connectivity index (χ2v) is 6.49. The van der Waals surface area contributed by atoms with Crippen molar-refractivity contribution < 1.29 is 9.18 Å². The first-order valence-corrected chi connectivity index (χ1v) is 7.85. The van der Waals surface area contributed by atoms with Gasteiger partial charge in [0.25, 0.3) is 0 Å². The topological polar surface area (TPSA) is 58.1 Å². The largest absolute Gasteiger partial charge is 0.353 e. The molecule has 0 aromatic carbocycles. The maximum Gasteiger partial charge on any atom is 0.216 e. The molecule has 2 heterocycles. The van der Waals surface area contributed by atoms with Crippen molar-refractivity contribution in [1.29, 1.82) is 0 Å². The minimum absolute atomic E-state index is 0.111. The zero-order valence-corrected chi connectivity index (χ0v) is 12.4. The van der Waals surface area contributed by atoms with E-state index < -0.39 is 5.67 Å². The second kappa shape index (κ2) is 5.27. The normalized spacial score (nSPS) is 21.8. The molecule has 1 aromatic heterocycles. The number of carbonyl (C=O) groups is 1. The zero-order valence-electron chi connectivity index (χ0n) is 11.6. The first kappa shape index (κ1) is 13.7. The van der Waals surface area contributed by atoms with Crippen LogP contribution in [0.4, 0.5) is 9.52 Å². The van der Waals surface area contributed by atoms with Crippen molar-refractivity contribution in [3.8, 4) is 0 Å². The summed E-state index contributed by atoms with van der Waals surface area (Å²) in [5.74, 6) is 1.34. The van der Waals surface area contributed by atoms with E-state index in [9.17, 15) is 9.18 Å². The van der Waals surface area contributed by atoms with Gasteiger partial charge in [0.05, 0.1) is 6.54 Å². The average molecular weight is 298 g/mol. The predicted molar refractivity (Wildman–Crippen MR) is 75.9 cm³/mol.